The summed E-state index contributed by atoms with van der Waals surface area (Å²) in [4.78, 5) is 24.1. The number of nitrogens with two attached hydrogens (primary N) is 1. The smallest absolute Gasteiger partial charge is 0.240 e. The zero-order valence-electron chi connectivity index (χ0n) is 9.98. The average Bonchev–Trinajstić information content (AvgIpc) is 2.30. The zero-order chi connectivity index (χ0) is 14.0. The van der Waals surface area contributed by atoms with E-state index in [9.17, 15) is 14.0 Å². The lowest BCUT2D eigenvalue weighted by molar-refractivity contribution is -0.136. The van der Waals surface area contributed by atoms with E-state index in [1.807, 2.05) is 0 Å². The predicted molar refractivity (Wildman–Crippen MR) is 70.7 cm³/mol. The number of imide groups is 1. The molecule has 100 valence electrons. The number of hydrogen-bond donors (Lipinski definition) is 2. The first kappa shape index (κ1) is 13.6. The summed E-state index contributed by atoms with van der Waals surface area (Å²) >= 11 is 4.76. The molecule has 1 aliphatic rings. The first-order valence-corrected chi connectivity index (χ1v) is 6.00. The second-order valence-corrected chi connectivity index (χ2v) is 4.73. The molecule has 0 unspecified atom stereocenters. The third-order valence-corrected chi connectivity index (χ3v) is 2.94. The molecule has 7 heteroatoms. The molecule has 0 aliphatic carbocycles. The Kier molecular flexibility index (Phi) is 3.87. The fourth-order valence-electron chi connectivity index (χ4n) is 1.93. The molecule has 3 N–H and O–H groups in total. The maximum Gasteiger partial charge on any atom is 0.240 e. The number of benzene rings is 1. The van der Waals surface area contributed by atoms with Gasteiger partial charge in [-0.3, -0.25) is 19.8 Å². The lowest BCUT2D eigenvalue weighted by Gasteiger charge is -2.25. The third-order valence-electron chi connectivity index (χ3n) is 2.72. The Labute approximate surface area is 114 Å². The van der Waals surface area contributed by atoms with Crippen molar-refractivity contribution in [2.45, 2.75) is 6.54 Å². The highest BCUT2D eigenvalue weighted by atomic mass is 32.1. The van der Waals surface area contributed by atoms with Crippen LogP contribution in [-0.4, -0.2) is 34.8 Å². The molecule has 1 heterocycles. The van der Waals surface area contributed by atoms with E-state index in [2.05, 4.69) is 5.32 Å². The van der Waals surface area contributed by atoms with Gasteiger partial charge in [-0.2, -0.15) is 0 Å². The molecular weight excluding hydrogens is 269 g/mol. The number of carbonyl (C=O) groups excluding carboxylic acids is 2. The van der Waals surface area contributed by atoms with Crippen LogP contribution in [-0.2, 0) is 16.1 Å². The van der Waals surface area contributed by atoms with E-state index >= 15 is 0 Å². The van der Waals surface area contributed by atoms with Crippen LogP contribution < -0.4 is 11.1 Å². The van der Waals surface area contributed by atoms with Crippen LogP contribution in [0.4, 0.5) is 4.39 Å². The van der Waals surface area contributed by atoms with Crippen LogP contribution in [0.1, 0.15) is 11.1 Å². The first-order chi connectivity index (χ1) is 8.95. The maximum absolute atomic E-state index is 13.4. The Morgan fingerprint density at radius 1 is 1.37 bits per heavy atom. The molecule has 0 bridgehead atoms. The van der Waals surface area contributed by atoms with Crippen LogP contribution in [0, 0.1) is 5.82 Å². The van der Waals surface area contributed by atoms with E-state index in [1.54, 1.807) is 11.0 Å². The molecule has 19 heavy (non-hydrogen) atoms. The Bertz CT molecular complexity index is 546. The zero-order valence-corrected chi connectivity index (χ0v) is 10.8. The molecule has 1 aromatic rings. The largest absolute Gasteiger partial charge is 0.389 e. The van der Waals surface area contributed by atoms with Crippen molar-refractivity contribution < 1.29 is 14.0 Å². The van der Waals surface area contributed by atoms with Gasteiger partial charge in [0, 0.05) is 12.1 Å². The van der Waals surface area contributed by atoms with Gasteiger partial charge in [0.05, 0.1) is 13.1 Å². The molecule has 2 rings (SSSR count). The van der Waals surface area contributed by atoms with Crippen LogP contribution in [0.5, 0.6) is 0 Å². The lowest BCUT2D eigenvalue weighted by atomic mass is 10.1. The summed E-state index contributed by atoms with van der Waals surface area (Å²) in [5.41, 5.74) is 6.33. The summed E-state index contributed by atoms with van der Waals surface area (Å²) < 4.78 is 13.4. The van der Waals surface area contributed by atoms with E-state index in [1.165, 1.54) is 12.1 Å². The Morgan fingerprint density at radius 2 is 2.00 bits per heavy atom. The van der Waals surface area contributed by atoms with Gasteiger partial charge in [-0.1, -0.05) is 18.3 Å². The van der Waals surface area contributed by atoms with Crippen LogP contribution >= 0.6 is 12.2 Å². The SMILES string of the molecule is NC(=S)c1cc(CN2CC(=O)NC(=O)C2)ccc1F. The minimum atomic E-state index is -0.483. The number of thiocarbonyl (C=S) groups is 1. The molecule has 2 amide bonds. The number of carbonyl (C=O) groups is 2. The number of hydrogen-bond acceptors (Lipinski definition) is 4. The fraction of sp³-hybridized carbons (Fsp3) is 0.250. The molecular formula is C12H12FN3O2S. The molecule has 0 saturated carbocycles. The van der Waals surface area contributed by atoms with Gasteiger partial charge >= 0.3 is 0 Å². The molecule has 0 aromatic heterocycles. The molecule has 1 fully saturated rings. The average molecular weight is 281 g/mol. The Hall–Kier alpha value is -1.86. The fourth-order valence-corrected chi connectivity index (χ4v) is 2.08. The summed E-state index contributed by atoms with van der Waals surface area (Å²) in [6.45, 7) is 0.617. The molecule has 0 spiro atoms. The highest BCUT2D eigenvalue weighted by Crippen LogP contribution is 2.13. The van der Waals surface area contributed by atoms with Gasteiger partial charge in [0.2, 0.25) is 11.8 Å². The van der Waals surface area contributed by atoms with Crippen molar-refractivity contribution in [2.75, 3.05) is 13.1 Å². The highest BCUT2D eigenvalue weighted by molar-refractivity contribution is 7.80. The minimum absolute atomic E-state index is 0.0215. The highest BCUT2D eigenvalue weighted by Gasteiger charge is 2.22. The summed E-state index contributed by atoms with van der Waals surface area (Å²) in [5.74, 6) is -1.16. The number of nitrogens with one attached hydrogen (secondary N) is 1. The summed E-state index contributed by atoms with van der Waals surface area (Å²) in [6.07, 6.45) is 0. The molecule has 1 saturated heterocycles. The van der Waals surface area contributed by atoms with Crippen molar-refractivity contribution in [3.8, 4) is 0 Å². The monoisotopic (exact) mass is 281 g/mol. The van der Waals surface area contributed by atoms with Crippen molar-refractivity contribution in [1.29, 1.82) is 0 Å². The second kappa shape index (κ2) is 5.41. The predicted octanol–water partition coefficient (Wildman–Crippen LogP) is -0.0817. The molecule has 5 nitrogen and oxygen atoms in total. The number of rotatable bonds is 3. The van der Waals surface area contributed by atoms with Crippen molar-refractivity contribution in [1.82, 2.24) is 10.2 Å². The van der Waals surface area contributed by atoms with Crippen molar-refractivity contribution in [3.63, 3.8) is 0 Å². The molecule has 1 aliphatic heterocycles. The van der Waals surface area contributed by atoms with E-state index in [0.717, 1.165) is 5.56 Å². The number of amides is 2. The summed E-state index contributed by atoms with van der Waals surface area (Å²) in [6, 6.07) is 4.39. The van der Waals surface area contributed by atoms with Gasteiger partial charge in [0.1, 0.15) is 10.8 Å². The summed E-state index contributed by atoms with van der Waals surface area (Å²) in [7, 11) is 0. The molecule has 0 atom stereocenters. The first-order valence-electron chi connectivity index (χ1n) is 5.59. The van der Waals surface area contributed by atoms with Gasteiger partial charge in [-0.15, -0.1) is 0 Å². The standard InChI is InChI=1S/C12H12FN3O2S/c13-9-2-1-7(3-8(9)12(14)19)4-16-5-10(17)15-11(18)6-16/h1-3H,4-6H2,(H2,14,19)(H,15,17,18). The van der Waals surface area contributed by atoms with E-state index < -0.39 is 5.82 Å². The van der Waals surface area contributed by atoms with Gasteiger partial charge in [-0.05, 0) is 17.7 Å². The van der Waals surface area contributed by atoms with Crippen molar-refractivity contribution in [3.05, 3.63) is 35.1 Å². The third kappa shape index (κ3) is 3.33. The van der Waals surface area contributed by atoms with E-state index in [0.29, 0.717) is 6.54 Å². The number of nitrogens with zero attached hydrogens (tertiary/aromatic N) is 1. The van der Waals surface area contributed by atoms with Crippen LogP contribution in [0.3, 0.4) is 0 Å². The van der Waals surface area contributed by atoms with Gasteiger partial charge in [0.25, 0.3) is 0 Å². The van der Waals surface area contributed by atoms with Crippen LogP contribution in [0.2, 0.25) is 0 Å². The Morgan fingerprint density at radius 3 is 2.58 bits per heavy atom. The normalized spacial score (nSPS) is 16.3. The topological polar surface area (TPSA) is 75.4 Å². The quantitative estimate of drug-likeness (QED) is 0.598. The van der Waals surface area contributed by atoms with Crippen LogP contribution in [0.25, 0.3) is 0 Å². The van der Waals surface area contributed by atoms with E-state index in [-0.39, 0.29) is 35.5 Å². The van der Waals surface area contributed by atoms with Crippen molar-refractivity contribution in [2.24, 2.45) is 5.73 Å². The second-order valence-electron chi connectivity index (χ2n) is 4.29. The Balaban J connectivity index is 2.15. The summed E-state index contributed by atoms with van der Waals surface area (Å²) in [5, 5.41) is 2.21. The lowest BCUT2D eigenvalue weighted by Crippen LogP contribution is -2.50. The van der Waals surface area contributed by atoms with E-state index in [4.69, 9.17) is 18.0 Å². The number of halogens is 1. The van der Waals surface area contributed by atoms with Crippen LogP contribution in [0.15, 0.2) is 18.2 Å². The van der Waals surface area contributed by atoms with Gasteiger partial charge in [0.15, 0.2) is 0 Å². The van der Waals surface area contributed by atoms with Gasteiger partial charge in [-0.25, -0.2) is 4.39 Å². The maximum atomic E-state index is 13.4. The minimum Gasteiger partial charge on any atom is -0.389 e. The number of piperazine rings is 1. The molecule has 1 aromatic carbocycles. The molecule has 0 radical (unpaired) electrons. The van der Waals surface area contributed by atoms with Gasteiger partial charge < -0.3 is 5.73 Å². The van der Waals surface area contributed by atoms with Crippen molar-refractivity contribution >= 4 is 29.0 Å².